The molecule has 43 heavy (non-hydrogen) atoms. The Balaban J connectivity index is 1.22. The average molecular weight is 548 g/mol. The summed E-state index contributed by atoms with van der Waals surface area (Å²) in [6.45, 7) is 0. The molecule has 0 fully saturated rings. The topological polar surface area (TPSA) is 26.0 Å². The fourth-order valence-electron chi connectivity index (χ4n) is 6.72. The van der Waals surface area contributed by atoms with E-state index < -0.39 is 0 Å². The summed E-state index contributed by atoms with van der Waals surface area (Å²) in [4.78, 5) is 4.32. The molecule has 0 amide bonds. The van der Waals surface area contributed by atoms with Crippen molar-refractivity contribution in [2.75, 3.05) is 0 Å². The Morgan fingerprint density at radius 2 is 0.837 bits per heavy atom. The lowest BCUT2D eigenvalue weighted by Crippen LogP contribution is -1.97. The van der Waals surface area contributed by atoms with Gasteiger partial charge in [-0.2, -0.15) is 0 Å². The van der Waals surface area contributed by atoms with E-state index in [4.69, 9.17) is 4.42 Å². The summed E-state index contributed by atoms with van der Waals surface area (Å²) in [6, 6.07) is 50.5. The number of hydrogen-bond donors (Lipinski definition) is 0. The quantitative estimate of drug-likeness (QED) is 0.215. The molecule has 8 aromatic rings. The van der Waals surface area contributed by atoms with Crippen LogP contribution < -0.4 is 0 Å². The number of fused-ring (bicyclic) bond motifs is 11. The van der Waals surface area contributed by atoms with E-state index in [-0.39, 0.29) is 0 Å². The van der Waals surface area contributed by atoms with Crippen LogP contribution in [0.1, 0.15) is 0 Å². The van der Waals surface area contributed by atoms with Crippen LogP contribution in [0.2, 0.25) is 0 Å². The van der Waals surface area contributed by atoms with Crippen LogP contribution in [0.25, 0.3) is 88.7 Å². The van der Waals surface area contributed by atoms with E-state index in [1.165, 1.54) is 61.2 Å². The minimum absolute atomic E-state index is 0.862. The lowest BCUT2D eigenvalue weighted by Gasteiger charge is -2.23. The molecule has 1 aliphatic rings. The second kappa shape index (κ2) is 9.40. The molecule has 2 nitrogen and oxygen atoms in total. The van der Waals surface area contributed by atoms with Crippen LogP contribution >= 0.6 is 0 Å². The Hall–Kier alpha value is -5.73. The van der Waals surface area contributed by atoms with Crippen LogP contribution in [0.15, 0.2) is 156 Å². The largest absolute Gasteiger partial charge is 0.456 e. The zero-order valence-corrected chi connectivity index (χ0v) is 23.3. The molecule has 0 spiro atoms. The van der Waals surface area contributed by atoms with Crippen molar-refractivity contribution >= 4 is 21.9 Å². The molecule has 0 aliphatic heterocycles. The fourth-order valence-corrected chi connectivity index (χ4v) is 6.72. The summed E-state index contributed by atoms with van der Waals surface area (Å²) >= 11 is 0. The molecule has 0 bridgehead atoms. The fraction of sp³-hybridized carbons (Fsp3) is 0. The van der Waals surface area contributed by atoms with Crippen molar-refractivity contribution in [3.05, 3.63) is 152 Å². The number of rotatable bonds is 2. The number of furan rings is 1. The van der Waals surface area contributed by atoms with Crippen molar-refractivity contribution in [1.82, 2.24) is 4.98 Å². The maximum Gasteiger partial charge on any atom is 0.138 e. The van der Waals surface area contributed by atoms with Gasteiger partial charge < -0.3 is 4.42 Å². The van der Waals surface area contributed by atoms with E-state index in [0.717, 1.165) is 27.5 Å². The van der Waals surface area contributed by atoms with Crippen molar-refractivity contribution < 1.29 is 4.42 Å². The van der Waals surface area contributed by atoms with Crippen molar-refractivity contribution in [3.8, 4) is 66.8 Å². The Bertz CT molecular complexity index is 2350. The molecular weight excluding hydrogens is 522 g/mol. The molecular formula is C41H25NO. The lowest BCUT2D eigenvalue weighted by atomic mass is 9.80. The Labute approximate surface area is 249 Å². The molecule has 2 heterocycles. The molecule has 9 rings (SSSR count). The molecule has 0 atom stereocenters. The van der Waals surface area contributed by atoms with Gasteiger partial charge in [0.1, 0.15) is 11.2 Å². The molecule has 0 saturated carbocycles. The molecule has 1 aliphatic carbocycles. The molecule has 2 heteroatoms. The first-order valence-electron chi connectivity index (χ1n) is 14.6. The minimum atomic E-state index is 0.862. The standard InChI is InChI=1S/C41H25NO/c1-2-11-31-30(10-1)32-12-3-4-14-34(32)36-18-16-28(23-37(36)35-15-6-5-13-33(31)35)26-8-7-9-27(22-26)29-17-19-40-38(24-29)39-25-42-21-20-41(39)43-40/h1-25H. The molecule has 6 aromatic carbocycles. The highest BCUT2D eigenvalue weighted by Gasteiger charge is 2.21. The second-order valence-corrected chi connectivity index (χ2v) is 11.2. The molecule has 0 saturated heterocycles. The van der Waals surface area contributed by atoms with E-state index >= 15 is 0 Å². The zero-order chi connectivity index (χ0) is 28.3. The van der Waals surface area contributed by atoms with Crippen molar-refractivity contribution in [1.29, 1.82) is 0 Å². The van der Waals surface area contributed by atoms with Gasteiger partial charge >= 0.3 is 0 Å². The SMILES string of the molecule is c1cc(-c2ccc3c(c2)-c2ccccc2-c2ccccc2-c2ccccc2-3)cc(-c2ccc3oc4ccncc4c3c2)c1. The van der Waals surface area contributed by atoms with Gasteiger partial charge in [-0.15, -0.1) is 0 Å². The monoisotopic (exact) mass is 547 g/mol. The smallest absolute Gasteiger partial charge is 0.138 e. The summed E-state index contributed by atoms with van der Waals surface area (Å²) in [5.41, 5.74) is 16.5. The number of benzene rings is 6. The first kappa shape index (κ1) is 23.9. The maximum atomic E-state index is 6.04. The third kappa shape index (κ3) is 3.77. The summed E-state index contributed by atoms with van der Waals surface area (Å²) < 4.78 is 6.04. The van der Waals surface area contributed by atoms with Crippen molar-refractivity contribution in [3.63, 3.8) is 0 Å². The van der Waals surface area contributed by atoms with Crippen LogP contribution in [0.4, 0.5) is 0 Å². The summed E-state index contributed by atoms with van der Waals surface area (Å²) in [6.07, 6.45) is 3.65. The lowest BCUT2D eigenvalue weighted by molar-refractivity contribution is 0.668. The summed E-state index contributed by atoms with van der Waals surface area (Å²) in [5.74, 6) is 0. The van der Waals surface area contributed by atoms with E-state index in [2.05, 4.69) is 138 Å². The number of aromatic nitrogens is 1. The highest BCUT2D eigenvalue weighted by molar-refractivity contribution is 6.06. The predicted octanol–water partition coefficient (Wildman–Crippen LogP) is 11.3. The van der Waals surface area contributed by atoms with E-state index in [1.807, 2.05) is 12.3 Å². The zero-order valence-electron chi connectivity index (χ0n) is 23.3. The molecule has 0 radical (unpaired) electrons. The Morgan fingerprint density at radius 1 is 0.349 bits per heavy atom. The van der Waals surface area contributed by atoms with Gasteiger partial charge in [0, 0.05) is 23.2 Å². The molecule has 2 aromatic heterocycles. The highest BCUT2D eigenvalue weighted by Crippen LogP contribution is 2.48. The first-order chi connectivity index (χ1) is 21.3. The van der Waals surface area contributed by atoms with Gasteiger partial charge in [-0.3, -0.25) is 4.98 Å². The van der Waals surface area contributed by atoms with Gasteiger partial charge in [0.15, 0.2) is 0 Å². The Kier molecular flexibility index (Phi) is 5.23. The van der Waals surface area contributed by atoms with E-state index in [9.17, 15) is 0 Å². The highest BCUT2D eigenvalue weighted by atomic mass is 16.3. The van der Waals surface area contributed by atoms with Gasteiger partial charge in [0.05, 0.1) is 0 Å². The van der Waals surface area contributed by atoms with Gasteiger partial charge in [0.25, 0.3) is 0 Å². The minimum Gasteiger partial charge on any atom is -0.456 e. The first-order valence-corrected chi connectivity index (χ1v) is 14.6. The van der Waals surface area contributed by atoms with Crippen molar-refractivity contribution in [2.24, 2.45) is 0 Å². The Morgan fingerprint density at radius 3 is 1.47 bits per heavy atom. The number of nitrogens with zero attached hydrogens (tertiary/aromatic N) is 1. The van der Waals surface area contributed by atoms with E-state index in [1.54, 1.807) is 6.20 Å². The second-order valence-electron chi connectivity index (χ2n) is 11.2. The molecule has 0 N–H and O–H groups in total. The van der Waals surface area contributed by atoms with Crippen LogP contribution in [0, 0.1) is 0 Å². The van der Waals surface area contributed by atoms with Crippen LogP contribution in [0.5, 0.6) is 0 Å². The van der Waals surface area contributed by atoms with Gasteiger partial charge in [-0.05, 0) is 97.1 Å². The van der Waals surface area contributed by atoms with Crippen molar-refractivity contribution in [2.45, 2.75) is 0 Å². The van der Waals surface area contributed by atoms with Crippen LogP contribution in [0.3, 0.4) is 0 Å². The summed E-state index contributed by atoms with van der Waals surface area (Å²) in [7, 11) is 0. The average Bonchev–Trinajstić information content (AvgIpc) is 3.46. The predicted molar refractivity (Wildman–Crippen MR) is 178 cm³/mol. The van der Waals surface area contributed by atoms with Gasteiger partial charge in [-0.25, -0.2) is 0 Å². The van der Waals surface area contributed by atoms with Gasteiger partial charge in [-0.1, -0.05) is 109 Å². The van der Waals surface area contributed by atoms with Crippen LogP contribution in [-0.2, 0) is 0 Å². The third-order valence-corrected chi connectivity index (χ3v) is 8.76. The third-order valence-electron chi connectivity index (χ3n) is 8.76. The summed E-state index contributed by atoms with van der Waals surface area (Å²) in [5, 5.41) is 2.13. The van der Waals surface area contributed by atoms with Gasteiger partial charge in [0.2, 0.25) is 0 Å². The molecule has 200 valence electrons. The number of pyridine rings is 1. The van der Waals surface area contributed by atoms with Crippen LogP contribution in [-0.4, -0.2) is 4.98 Å². The maximum absolute atomic E-state index is 6.04. The molecule has 0 unspecified atom stereocenters. The van der Waals surface area contributed by atoms with E-state index in [0.29, 0.717) is 0 Å². The normalized spacial score (nSPS) is 11.7. The number of hydrogen-bond acceptors (Lipinski definition) is 2.